The van der Waals surface area contributed by atoms with Gasteiger partial charge >= 0.3 is 6.03 Å². The van der Waals surface area contributed by atoms with Gasteiger partial charge < -0.3 is 21.1 Å². The van der Waals surface area contributed by atoms with E-state index in [-0.39, 0.29) is 29.6 Å². The summed E-state index contributed by atoms with van der Waals surface area (Å²) in [5, 5.41) is 10.9. The Morgan fingerprint density at radius 1 is 1.05 bits per heavy atom. The van der Waals surface area contributed by atoms with E-state index in [4.69, 9.17) is 16.2 Å². The number of hydrogen-bond donors (Lipinski definition) is 3. The third-order valence-corrected chi connectivity index (χ3v) is 8.53. The van der Waals surface area contributed by atoms with Crippen LogP contribution in [0, 0.1) is 5.92 Å². The molecule has 38 heavy (non-hydrogen) atoms. The molecule has 2 aromatic rings. The summed E-state index contributed by atoms with van der Waals surface area (Å²) in [5.41, 5.74) is 15.5. The number of aromatic amines is 1. The zero-order valence-electron chi connectivity index (χ0n) is 21.5. The average molecular weight is 522 g/mol. The van der Waals surface area contributed by atoms with Crippen LogP contribution in [0.5, 0.6) is 0 Å². The standard InChI is InChI=1S/C27H35N7O4/c28-18-4-1-3-17(15-18)26(36)32-9-7-16(8-10-32)23-22-24(31-30-23)19-5-2-6-20(21(19)25(22)35)34(27(29)37)33-11-13-38-14-12-33/h2,5-6,16-18H,1,3-4,7-15,28H2,(H2,29,37)(H,30,31). The van der Waals surface area contributed by atoms with Crippen LogP contribution in [0.15, 0.2) is 18.2 Å². The fourth-order valence-corrected chi connectivity index (χ4v) is 6.62. The van der Waals surface area contributed by atoms with Crippen LogP contribution in [-0.2, 0) is 9.53 Å². The summed E-state index contributed by atoms with van der Waals surface area (Å²) in [6.45, 7) is 3.27. The van der Waals surface area contributed by atoms with Crippen LogP contribution >= 0.6 is 0 Å². The molecule has 0 spiro atoms. The number of nitrogens with two attached hydrogens (primary N) is 2. The van der Waals surface area contributed by atoms with Gasteiger partial charge in [0.05, 0.1) is 35.7 Å². The van der Waals surface area contributed by atoms with Crippen molar-refractivity contribution in [3.05, 3.63) is 35.0 Å². The number of rotatable bonds is 4. The van der Waals surface area contributed by atoms with Crippen molar-refractivity contribution < 1.29 is 19.1 Å². The molecule has 2 atom stereocenters. The first-order valence-corrected chi connectivity index (χ1v) is 13.7. The van der Waals surface area contributed by atoms with Crippen molar-refractivity contribution in [3.8, 4) is 11.3 Å². The fraction of sp³-hybridized carbons (Fsp3) is 0.556. The number of piperidine rings is 1. The topological polar surface area (TPSA) is 151 Å². The third-order valence-electron chi connectivity index (χ3n) is 8.53. The number of hydrogen-bond acceptors (Lipinski definition) is 7. The third kappa shape index (κ3) is 4.28. The molecule has 4 aliphatic rings. The number of nitrogens with one attached hydrogen (secondary N) is 1. The second-order valence-electron chi connectivity index (χ2n) is 10.8. The number of benzene rings is 1. The van der Waals surface area contributed by atoms with Crippen molar-refractivity contribution in [3.63, 3.8) is 0 Å². The number of carbonyl (C=O) groups is 3. The van der Waals surface area contributed by atoms with Gasteiger partial charge in [0.15, 0.2) is 5.78 Å². The first-order valence-electron chi connectivity index (χ1n) is 13.7. The quantitative estimate of drug-likeness (QED) is 0.475. The Bertz CT molecular complexity index is 1250. The number of amides is 3. The molecule has 0 radical (unpaired) electrons. The number of primary amides is 1. The van der Waals surface area contributed by atoms with Crippen molar-refractivity contribution in [2.24, 2.45) is 17.4 Å². The highest BCUT2D eigenvalue weighted by atomic mass is 16.5. The van der Waals surface area contributed by atoms with E-state index < -0.39 is 6.03 Å². The Balaban J connectivity index is 1.22. The highest BCUT2D eigenvalue weighted by Gasteiger charge is 2.40. The Labute approximate surface area is 221 Å². The molecule has 11 heteroatoms. The second kappa shape index (κ2) is 10.1. The maximum absolute atomic E-state index is 13.9. The lowest BCUT2D eigenvalue weighted by molar-refractivity contribution is -0.137. The first kappa shape index (κ1) is 25.0. The SMILES string of the molecule is NC(=O)N(c1cccc2c1C(=O)c1c-2n[nH]c1C1CCN(C(=O)C2CCCC(N)C2)CC1)N1CCOCC1. The number of anilines is 1. The van der Waals surface area contributed by atoms with Gasteiger partial charge in [-0.05, 0) is 38.2 Å². The zero-order valence-corrected chi connectivity index (χ0v) is 21.5. The van der Waals surface area contributed by atoms with Gasteiger partial charge in [-0.2, -0.15) is 5.10 Å². The number of nitrogens with zero attached hydrogens (tertiary/aromatic N) is 4. The number of ketones is 1. The summed E-state index contributed by atoms with van der Waals surface area (Å²) in [7, 11) is 0. The molecule has 5 N–H and O–H groups in total. The number of H-pyrrole nitrogens is 1. The van der Waals surface area contributed by atoms with Crippen molar-refractivity contribution in [1.29, 1.82) is 0 Å². The summed E-state index contributed by atoms with van der Waals surface area (Å²) in [6, 6.07) is 4.92. The second-order valence-corrected chi connectivity index (χ2v) is 10.8. The van der Waals surface area contributed by atoms with Crippen molar-refractivity contribution in [1.82, 2.24) is 20.1 Å². The molecule has 2 saturated heterocycles. The lowest BCUT2D eigenvalue weighted by Crippen LogP contribution is -2.54. The average Bonchev–Trinajstić information content (AvgIpc) is 3.49. The van der Waals surface area contributed by atoms with E-state index in [9.17, 15) is 14.4 Å². The van der Waals surface area contributed by atoms with Crippen LogP contribution in [0.4, 0.5) is 10.5 Å². The monoisotopic (exact) mass is 521 g/mol. The van der Waals surface area contributed by atoms with E-state index in [0.29, 0.717) is 67.5 Å². The van der Waals surface area contributed by atoms with Crippen molar-refractivity contribution in [2.75, 3.05) is 44.4 Å². The van der Waals surface area contributed by atoms with Crippen LogP contribution in [0.2, 0.25) is 0 Å². The van der Waals surface area contributed by atoms with E-state index >= 15 is 0 Å². The number of carbonyl (C=O) groups excluding carboxylic acids is 3. The molecule has 3 amide bonds. The summed E-state index contributed by atoms with van der Waals surface area (Å²) in [4.78, 5) is 41.5. The summed E-state index contributed by atoms with van der Waals surface area (Å²) < 4.78 is 5.43. The maximum Gasteiger partial charge on any atom is 0.334 e. The highest BCUT2D eigenvalue weighted by molar-refractivity contribution is 6.25. The van der Waals surface area contributed by atoms with Crippen LogP contribution in [0.3, 0.4) is 0 Å². The van der Waals surface area contributed by atoms with Gasteiger partial charge in [0, 0.05) is 49.6 Å². The predicted molar refractivity (Wildman–Crippen MR) is 140 cm³/mol. The lowest BCUT2D eigenvalue weighted by Gasteiger charge is -2.36. The number of aromatic nitrogens is 2. The maximum atomic E-state index is 13.9. The Kier molecular flexibility index (Phi) is 6.67. The van der Waals surface area contributed by atoms with Gasteiger partial charge in [0.2, 0.25) is 5.91 Å². The smallest absolute Gasteiger partial charge is 0.334 e. The normalized spacial score (nSPS) is 24.2. The molecule has 3 heterocycles. The summed E-state index contributed by atoms with van der Waals surface area (Å²) >= 11 is 0. The Morgan fingerprint density at radius 3 is 2.53 bits per heavy atom. The molecular weight excluding hydrogens is 486 g/mol. The molecule has 2 unspecified atom stereocenters. The van der Waals surface area contributed by atoms with Gasteiger partial charge in [-0.1, -0.05) is 18.6 Å². The fourth-order valence-electron chi connectivity index (χ4n) is 6.62. The minimum absolute atomic E-state index is 0.0286. The largest absolute Gasteiger partial charge is 0.379 e. The molecular formula is C27H35N7O4. The zero-order chi connectivity index (χ0) is 26.4. The van der Waals surface area contributed by atoms with E-state index in [0.717, 1.165) is 44.2 Å². The highest BCUT2D eigenvalue weighted by Crippen LogP contribution is 2.44. The Morgan fingerprint density at radius 2 is 1.82 bits per heavy atom. The number of morpholine rings is 1. The van der Waals surface area contributed by atoms with E-state index in [1.807, 2.05) is 22.0 Å². The predicted octanol–water partition coefficient (Wildman–Crippen LogP) is 1.98. The minimum atomic E-state index is -0.643. The van der Waals surface area contributed by atoms with Crippen LogP contribution in [0.1, 0.15) is 66.1 Å². The van der Waals surface area contributed by atoms with E-state index in [1.54, 1.807) is 6.07 Å². The number of hydrazine groups is 1. The summed E-state index contributed by atoms with van der Waals surface area (Å²) in [5.74, 6) is 0.192. The molecule has 1 aromatic carbocycles. The molecule has 6 rings (SSSR count). The van der Waals surface area contributed by atoms with Gasteiger partial charge in [-0.25, -0.2) is 14.8 Å². The number of ether oxygens (including phenoxy) is 1. The number of urea groups is 1. The number of likely N-dealkylation sites (tertiary alicyclic amines) is 1. The molecule has 11 nitrogen and oxygen atoms in total. The van der Waals surface area contributed by atoms with E-state index in [2.05, 4.69) is 10.2 Å². The van der Waals surface area contributed by atoms with Gasteiger partial charge in [0.25, 0.3) is 0 Å². The van der Waals surface area contributed by atoms with Crippen LogP contribution in [0.25, 0.3) is 11.3 Å². The van der Waals surface area contributed by atoms with Crippen LogP contribution < -0.4 is 16.5 Å². The molecule has 3 fully saturated rings. The lowest BCUT2D eigenvalue weighted by atomic mass is 9.84. The molecule has 2 aliphatic carbocycles. The van der Waals surface area contributed by atoms with Crippen LogP contribution in [-0.4, -0.2) is 83.3 Å². The van der Waals surface area contributed by atoms with E-state index in [1.165, 1.54) is 5.01 Å². The summed E-state index contributed by atoms with van der Waals surface area (Å²) in [6.07, 6.45) is 5.22. The van der Waals surface area contributed by atoms with Gasteiger partial charge in [-0.15, -0.1) is 0 Å². The molecule has 0 bridgehead atoms. The number of fused-ring (bicyclic) bond motifs is 3. The van der Waals surface area contributed by atoms with Gasteiger partial charge in [-0.3, -0.25) is 14.7 Å². The molecule has 1 saturated carbocycles. The molecule has 202 valence electrons. The minimum Gasteiger partial charge on any atom is -0.379 e. The van der Waals surface area contributed by atoms with Gasteiger partial charge in [0.1, 0.15) is 5.69 Å². The first-order chi connectivity index (χ1) is 18.4. The Hall–Kier alpha value is -3.28. The van der Waals surface area contributed by atoms with Crippen molar-refractivity contribution >= 4 is 23.4 Å². The molecule has 2 aliphatic heterocycles. The molecule has 1 aromatic heterocycles. The van der Waals surface area contributed by atoms with Crippen molar-refractivity contribution in [2.45, 2.75) is 50.5 Å².